The molecule has 0 aliphatic heterocycles. The van der Waals surface area contributed by atoms with Crippen molar-refractivity contribution in [1.29, 1.82) is 0 Å². The van der Waals surface area contributed by atoms with Gasteiger partial charge in [-0.2, -0.15) is 0 Å². The first kappa shape index (κ1) is 16.9. The zero-order chi connectivity index (χ0) is 17.6. The Morgan fingerprint density at radius 2 is 1.52 bits per heavy atom. The number of benzene rings is 2. The molecule has 6 heteroatoms. The first-order chi connectivity index (χ1) is 12.1. The van der Waals surface area contributed by atoms with E-state index in [4.69, 9.17) is 0 Å². The second-order valence-corrected chi connectivity index (χ2v) is 6.15. The SMILES string of the molecule is O=C(NNC(=O)c1cccc(Br)c1)c1ccc(-c2cccnc2)cc1. The fourth-order valence-corrected chi connectivity index (χ4v) is 2.63. The minimum Gasteiger partial charge on any atom is -0.267 e. The van der Waals surface area contributed by atoms with Gasteiger partial charge >= 0.3 is 0 Å². The zero-order valence-electron chi connectivity index (χ0n) is 13.1. The molecular weight excluding hydrogens is 382 g/mol. The molecule has 0 spiro atoms. The average molecular weight is 396 g/mol. The predicted molar refractivity (Wildman–Crippen MR) is 98.7 cm³/mol. The van der Waals surface area contributed by atoms with Crippen LogP contribution in [0.25, 0.3) is 11.1 Å². The van der Waals surface area contributed by atoms with Crippen LogP contribution < -0.4 is 10.9 Å². The second kappa shape index (κ2) is 7.72. The number of pyridine rings is 1. The number of hydrogen-bond acceptors (Lipinski definition) is 3. The van der Waals surface area contributed by atoms with E-state index in [-0.39, 0.29) is 11.8 Å². The molecule has 2 N–H and O–H groups in total. The molecule has 3 rings (SSSR count). The van der Waals surface area contributed by atoms with E-state index in [9.17, 15) is 9.59 Å². The van der Waals surface area contributed by atoms with Crippen molar-refractivity contribution < 1.29 is 9.59 Å². The summed E-state index contributed by atoms with van der Waals surface area (Å²) in [5.41, 5.74) is 7.63. The highest BCUT2D eigenvalue weighted by molar-refractivity contribution is 9.10. The van der Waals surface area contributed by atoms with Gasteiger partial charge in [-0.05, 0) is 47.5 Å². The average Bonchev–Trinajstić information content (AvgIpc) is 2.66. The summed E-state index contributed by atoms with van der Waals surface area (Å²) in [5, 5.41) is 0. The van der Waals surface area contributed by atoms with Gasteiger partial charge in [-0.3, -0.25) is 25.4 Å². The number of hydrogen-bond donors (Lipinski definition) is 2. The Morgan fingerprint density at radius 1 is 0.800 bits per heavy atom. The van der Waals surface area contributed by atoms with Crippen molar-refractivity contribution >= 4 is 27.7 Å². The highest BCUT2D eigenvalue weighted by atomic mass is 79.9. The van der Waals surface area contributed by atoms with E-state index in [0.29, 0.717) is 11.1 Å². The molecule has 0 aliphatic carbocycles. The lowest BCUT2D eigenvalue weighted by Gasteiger charge is -2.08. The maximum atomic E-state index is 12.1. The number of carbonyl (C=O) groups is 2. The number of carbonyl (C=O) groups excluding carboxylic acids is 2. The van der Waals surface area contributed by atoms with E-state index in [1.165, 1.54) is 0 Å². The fraction of sp³-hybridized carbons (Fsp3) is 0. The molecule has 2 amide bonds. The molecular formula is C19H14BrN3O2. The molecule has 0 bridgehead atoms. The van der Waals surface area contributed by atoms with E-state index in [2.05, 4.69) is 31.8 Å². The molecule has 0 atom stereocenters. The highest BCUT2D eigenvalue weighted by Gasteiger charge is 2.09. The summed E-state index contributed by atoms with van der Waals surface area (Å²) in [6, 6.07) is 17.8. The minimum atomic E-state index is -0.388. The molecule has 2 aromatic carbocycles. The van der Waals surface area contributed by atoms with Crippen molar-refractivity contribution in [1.82, 2.24) is 15.8 Å². The standard InChI is InChI=1S/C19H14BrN3O2/c20-17-5-1-3-15(11-17)19(25)23-22-18(24)14-8-6-13(7-9-14)16-4-2-10-21-12-16/h1-12H,(H,22,24)(H,23,25). The molecule has 1 aromatic heterocycles. The molecule has 0 saturated carbocycles. The smallest absolute Gasteiger partial charge is 0.267 e. The molecule has 1 heterocycles. The van der Waals surface area contributed by atoms with Crippen molar-refractivity contribution in [2.24, 2.45) is 0 Å². The zero-order valence-corrected chi connectivity index (χ0v) is 14.7. The third-order valence-electron chi connectivity index (χ3n) is 3.52. The van der Waals surface area contributed by atoms with Gasteiger partial charge in [-0.15, -0.1) is 0 Å². The van der Waals surface area contributed by atoms with Crippen LogP contribution >= 0.6 is 15.9 Å². The summed E-state index contributed by atoms with van der Waals surface area (Å²) in [6.07, 6.45) is 3.46. The molecule has 0 aliphatic rings. The van der Waals surface area contributed by atoms with E-state index < -0.39 is 0 Å². The van der Waals surface area contributed by atoms with Crippen molar-refractivity contribution in [2.45, 2.75) is 0 Å². The number of aromatic nitrogens is 1. The van der Waals surface area contributed by atoms with Crippen LogP contribution in [0.4, 0.5) is 0 Å². The van der Waals surface area contributed by atoms with Crippen LogP contribution in [-0.2, 0) is 0 Å². The quantitative estimate of drug-likeness (QED) is 0.665. The van der Waals surface area contributed by atoms with Crippen molar-refractivity contribution in [3.05, 3.63) is 88.7 Å². The Morgan fingerprint density at radius 3 is 2.16 bits per heavy atom. The molecule has 0 radical (unpaired) electrons. The van der Waals surface area contributed by atoms with Gasteiger partial charge in [0.25, 0.3) is 11.8 Å². The van der Waals surface area contributed by atoms with Crippen LogP contribution in [0.15, 0.2) is 77.5 Å². The van der Waals surface area contributed by atoms with Crippen LogP contribution in [0.1, 0.15) is 20.7 Å². The maximum absolute atomic E-state index is 12.1. The summed E-state index contributed by atoms with van der Waals surface area (Å²) in [4.78, 5) is 28.2. The third-order valence-corrected chi connectivity index (χ3v) is 4.01. The summed E-state index contributed by atoms with van der Waals surface area (Å²) in [6.45, 7) is 0. The van der Waals surface area contributed by atoms with Gasteiger partial charge in [-0.25, -0.2) is 0 Å². The Labute approximate surface area is 153 Å². The highest BCUT2D eigenvalue weighted by Crippen LogP contribution is 2.18. The monoisotopic (exact) mass is 395 g/mol. The minimum absolute atomic E-state index is 0.387. The van der Waals surface area contributed by atoms with Crippen molar-refractivity contribution in [2.75, 3.05) is 0 Å². The van der Waals surface area contributed by atoms with Crippen LogP contribution in [0.3, 0.4) is 0 Å². The van der Waals surface area contributed by atoms with Crippen LogP contribution in [0, 0.1) is 0 Å². The number of hydrazine groups is 1. The first-order valence-corrected chi connectivity index (χ1v) is 8.29. The van der Waals surface area contributed by atoms with Gasteiger partial charge in [0, 0.05) is 28.0 Å². The number of rotatable bonds is 3. The number of halogens is 1. The van der Waals surface area contributed by atoms with Gasteiger partial charge in [-0.1, -0.05) is 40.2 Å². The van der Waals surface area contributed by atoms with Gasteiger partial charge in [0.05, 0.1) is 0 Å². The first-order valence-electron chi connectivity index (χ1n) is 7.50. The van der Waals surface area contributed by atoms with Crippen LogP contribution in [0.5, 0.6) is 0 Å². The van der Waals surface area contributed by atoms with Crippen molar-refractivity contribution in [3.8, 4) is 11.1 Å². The van der Waals surface area contributed by atoms with Gasteiger partial charge < -0.3 is 0 Å². The number of nitrogens with zero attached hydrogens (tertiary/aromatic N) is 1. The summed E-state index contributed by atoms with van der Waals surface area (Å²) in [7, 11) is 0. The molecule has 0 saturated heterocycles. The molecule has 25 heavy (non-hydrogen) atoms. The lowest BCUT2D eigenvalue weighted by Crippen LogP contribution is -2.41. The second-order valence-electron chi connectivity index (χ2n) is 5.24. The van der Waals surface area contributed by atoms with Gasteiger partial charge in [0.1, 0.15) is 0 Å². The Kier molecular flexibility index (Phi) is 5.20. The molecule has 0 unspecified atom stereocenters. The molecule has 5 nitrogen and oxygen atoms in total. The van der Waals surface area contributed by atoms with Gasteiger partial charge in [0.2, 0.25) is 0 Å². The lowest BCUT2D eigenvalue weighted by molar-refractivity contribution is 0.0846. The predicted octanol–water partition coefficient (Wildman–Crippen LogP) is 3.59. The molecule has 0 fully saturated rings. The Balaban J connectivity index is 1.63. The summed E-state index contributed by atoms with van der Waals surface area (Å²) in [5.74, 6) is -0.775. The topological polar surface area (TPSA) is 71.1 Å². The van der Waals surface area contributed by atoms with Crippen molar-refractivity contribution in [3.63, 3.8) is 0 Å². The van der Waals surface area contributed by atoms with E-state index >= 15 is 0 Å². The summed E-state index contributed by atoms with van der Waals surface area (Å²) < 4.78 is 0.789. The lowest BCUT2D eigenvalue weighted by atomic mass is 10.1. The van der Waals surface area contributed by atoms with Crippen LogP contribution in [0.2, 0.25) is 0 Å². The summed E-state index contributed by atoms with van der Waals surface area (Å²) >= 11 is 3.30. The number of amides is 2. The molecule has 124 valence electrons. The van der Waals surface area contributed by atoms with Gasteiger partial charge in [0.15, 0.2) is 0 Å². The third kappa shape index (κ3) is 4.30. The normalized spacial score (nSPS) is 10.1. The largest absolute Gasteiger partial charge is 0.269 e. The van der Waals surface area contributed by atoms with Crippen LogP contribution in [-0.4, -0.2) is 16.8 Å². The fourth-order valence-electron chi connectivity index (χ4n) is 2.24. The maximum Gasteiger partial charge on any atom is 0.269 e. The Bertz CT molecular complexity index is 896. The molecule has 3 aromatic rings. The van der Waals surface area contributed by atoms with E-state index in [0.717, 1.165) is 15.6 Å². The Hall–Kier alpha value is -2.99. The van der Waals surface area contributed by atoms with E-state index in [1.54, 1.807) is 42.7 Å². The number of nitrogens with one attached hydrogen (secondary N) is 2. The van der Waals surface area contributed by atoms with E-state index in [1.807, 2.05) is 30.3 Å².